The molecule has 3 aromatic rings. The van der Waals surface area contributed by atoms with E-state index < -0.39 is 0 Å². The molecule has 2 heteroatoms. The van der Waals surface area contributed by atoms with Crippen LogP contribution in [0, 0.1) is 0 Å². The summed E-state index contributed by atoms with van der Waals surface area (Å²) in [6, 6.07) is 23.6. The van der Waals surface area contributed by atoms with Gasteiger partial charge in [0, 0.05) is 0 Å². The molecule has 0 amide bonds. The minimum atomic E-state index is 0.316. The van der Waals surface area contributed by atoms with Crippen LogP contribution < -0.4 is 0 Å². The molecule has 0 spiro atoms. The number of aromatic hydroxyl groups is 2. The second-order valence-electron chi connectivity index (χ2n) is 6.15. The fourth-order valence-electron chi connectivity index (χ4n) is 2.78. The van der Waals surface area contributed by atoms with Crippen LogP contribution in [-0.4, -0.2) is 10.2 Å². The molecule has 0 fully saturated rings. The predicted octanol–water partition coefficient (Wildman–Crippen LogP) is 4.67. The Balaban J connectivity index is 1.51. The Bertz CT molecular complexity index is 688. The van der Waals surface area contributed by atoms with E-state index in [1.165, 1.54) is 22.3 Å². The molecule has 0 radical (unpaired) electrons. The SMILES string of the molecule is Oc1ccc(CCc2ccc(CCc3ccc(O)cc3)cc2)cc1. The fourth-order valence-corrected chi connectivity index (χ4v) is 2.78. The third kappa shape index (κ3) is 4.63. The second kappa shape index (κ2) is 7.69. The molecule has 2 nitrogen and oxygen atoms in total. The molecule has 0 saturated heterocycles. The van der Waals surface area contributed by atoms with E-state index in [2.05, 4.69) is 24.3 Å². The van der Waals surface area contributed by atoms with Gasteiger partial charge in [0.25, 0.3) is 0 Å². The minimum absolute atomic E-state index is 0.316. The van der Waals surface area contributed by atoms with Crippen LogP contribution >= 0.6 is 0 Å². The lowest BCUT2D eigenvalue weighted by Crippen LogP contribution is -1.94. The van der Waals surface area contributed by atoms with E-state index in [4.69, 9.17) is 0 Å². The first-order chi connectivity index (χ1) is 11.7. The number of hydrogen-bond acceptors (Lipinski definition) is 2. The minimum Gasteiger partial charge on any atom is -0.508 e. The van der Waals surface area contributed by atoms with Gasteiger partial charge >= 0.3 is 0 Å². The Morgan fingerprint density at radius 3 is 0.833 bits per heavy atom. The molecule has 24 heavy (non-hydrogen) atoms. The molecule has 0 aliphatic heterocycles. The van der Waals surface area contributed by atoms with Crippen LogP contribution in [0.3, 0.4) is 0 Å². The summed E-state index contributed by atoms with van der Waals surface area (Å²) in [6.45, 7) is 0. The lowest BCUT2D eigenvalue weighted by Gasteiger charge is -2.06. The van der Waals surface area contributed by atoms with Gasteiger partial charge in [-0.05, 0) is 72.2 Å². The molecule has 0 aliphatic carbocycles. The molecule has 0 heterocycles. The predicted molar refractivity (Wildman–Crippen MR) is 97.5 cm³/mol. The highest BCUT2D eigenvalue weighted by Crippen LogP contribution is 2.15. The first-order valence-electron chi connectivity index (χ1n) is 8.33. The van der Waals surface area contributed by atoms with Crippen LogP contribution in [0.2, 0.25) is 0 Å². The highest BCUT2D eigenvalue weighted by molar-refractivity contribution is 5.29. The van der Waals surface area contributed by atoms with Crippen molar-refractivity contribution in [2.45, 2.75) is 25.7 Å². The van der Waals surface area contributed by atoms with Gasteiger partial charge in [-0.1, -0.05) is 48.5 Å². The van der Waals surface area contributed by atoms with E-state index in [1.54, 1.807) is 24.3 Å². The smallest absolute Gasteiger partial charge is 0.115 e. The third-order valence-electron chi connectivity index (χ3n) is 4.30. The zero-order valence-electron chi connectivity index (χ0n) is 13.7. The van der Waals surface area contributed by atoms with Crippen LogP contribution in [0.15, 0.2) is 72.8 Å². The summed E-state index contributed by atoms with van der Waals surface area (Å²) in [5.74, 6) is 0.633. The van der Waals surface area contributed by atoms with E-state index in [-0.39, 0.29) is 0 Å². The maximum absolute atomic E-state index is 9.31. The van der Waals surface area contributed by atoms with E-state index in [0.717, 1.165) is 25.7 Å². The lowest BCUT2D eigenvalue weighted by atomic mass is 10.0. The van der Waals surface area contributed by atoms with Crippen molar-refractivity contribution in [2.24, 2.45) is 0 Å². The molecule has 2 N–H and O–H groups in total. The van der Waals surface area contributed by atoms with Gasteiger partial charge in [-0.2, -0.15) is 0 Å². The quantitative estimate of drug-likeness (QED) is 0.693. The Kier molecular flexibility index (Phi) is 5.17. The average molecular weight is 318 g/mol. The molecule has 3 aromatic carbocycles. The molecule has 0 bridgehead atoms. The van der Waals surface area contributed by atoms with Crippen LogP contribution in [0.1, 0.15) is 22.3 Å². The van der Waals surface area contributed by atoms with E-state index in [9.17, 15) is 10.2 Å². The summed E-state index contributed by atoms with van der Waals surface area (Å²) in [4.78, 5) is 0. The zero-order chi connectivity index (χ0) is 16.8. The van der Waals surface area contributed by atoms with Gasteiger partial charge in [0.2, 0.25) is 0 Å². The first kappa shape index (κ1) is 16.1. The Morgan fingerprint density at radius 1 is 0.375 bits per heavy atom. The number of hydrogen-bond donors (Lipinski definition) is 2. The molecule has 3 rings (SSSR count). The summed E-state index contributed by atoms with van der Waals surface area (Å²) >= 11 is 0. The van der Waals surface area contributed by atoms with Crippen molar-refractivity contribution in [1.82, 2.24) is 0 Å². The van der Waals surface area contributed by atoms with Crippen molar-refractivity contribution in [1.29, 1.82) is 0 Å². The Hall–Kier alpha value is -2.74. The summed E-state index contributed by atoms with van der Waals surface area (Å²) in [7, 11) is 0. The topological polar surface area (TPSA) is 40.5 Å². The lowest BCUT2D eigenvalue weighted by molar-refractivity contribution is 0.474. The highest BCUT2D eigenvalue weighted by Gasteiger charge is 1.99. The zero-order valence-corrected chi connectivity index (χ0v) is 13.7. The van der Waals surface area contributed by atoms with Crippen LogP contribution in [0.25, 0.3) is 0 Å². The van der Waals surface area contributed by atoms with Crippen LogP contribution in [0.5, 0.6) is 11.5 Å². The molecule has 0 atom stereocenters. The number of rotatable bonds is 6. The molecule has 0 saturated carbocycles. The van der Waals surface area contributed by atoms with Gasteiger partial charge in [0.05, 0.1) is 0 Å². The standard InChI is InChI=1S/C22H22O2/c23-21-13-9-19(10-14-21)7-5-17-1-2-18(4-3-17)6-8-20-11-15-22(24)16-12-20/h1-4,9-16,23-24H,5-8H2. The monoisotopic (exact) mass is 318 g/mol. The van der Waals surface area contributed by atoms with Gasteiger partial charge in [0.15, 0.2) is 0 Å². The van der Waals surface area contributed by atoms with Crippen molar-refractivity contribution in [3.8, 4) is 11.5 Å². The highest BCUT2D eigenvalue weighted by atomic mass is 16.3. The van der Waals surface area contributed by atoms with Crippen molar-refractivity contribution in [2.75, 3.05) is 0 Å². The van der Waals surface area contributed by atoms with Crippen molar-refractivity contribution < 1.29 is 10.2 Å². The summed E-state index contributed by atoms with van der Waals surface area (Å²) in [5.41, 5.74) is 5.14. The van der Waals surface area contributed by atoms with Gasteiger partial charge in [-0.15, -0.1) is 0 Å². The second-order valence-corrected chi connectivity index (χ2v) is 6.15. The molecule has 0 unspecified atom stereocenters. The average Bonchev–Trinajstić information content (AvgIpc) is 2.62. The Morgan fingerprint density at radius 2 is 0.583 bits per heavy atom. The number of phenols is 2. The third-order valence-corrected chi connectivity index (χ3v) is 4.30. The molecular formula is C22H22O2. The number of benzene rings is 3. The number of phenolic OH excluding ortho intramolecular Hbond substituents is 2. The van der Waals surface area contributed by atoms with Gasteiger partial charge in [-0.3, -0.25) is 0 Å². The normalized spacial score (nSPS) is 10.7. The Labute approximate surface area is 143 Å². The van der Waals surface area contributed by atoms with Crippen molar-refractivity contribution >= 4 is 0 Å². The summed E-state index contributed by atoms with van der Waals surface area (Å²) < 4.78 is 0. The first-order valence-corrected chi connectivity index (χ1v) is 8.33. The van der Waals surface area contributed by atoms with E-state index >= 15 is 0 Å². The van der Waals surface area contributed by atoms with Crippen LogP contribution in [-0.2, 0) is 25.7 Å². The molecular weight excluding hydrogens is 296 g/mol. The van der Waals surface area contributed by atoms with Crippen molar-refractivity contribution in [3.63, 3.8) is 0 Å². The van der Waals surface area contributed by atoms with Gasteiger partial charge in [-0.25, -0.2) is 0 Å². The number of aryl methyl sites for hydroxylation is 4. The maximum atomic E-state index is 9.31. The molecule has 122 valence electrons. The van der Waals surface area contributed by atoms with Crippen molar-refractivity contribution in [3.05, 3.63) is 95.1 Å². The fraction of sp³-hybridized carbons (Fsp3) is 0.182. The van der Waals surface area contributed by atoms with E-state index in [1.807, 2.05) is 24.3 Å². The molecule has 0 aromatic heterocycles. The van der Waals surface area contributed by atoms with Gasteiger partial charge < -0.3 is 10.2 Å². The summed E-state index contributed by atoms with van der Waals surface area (Å²) in [5, 5.41) is 18.6. The van der Waals surface area contributed by atoms with Crippen LogP contribution in [0.4, 0.5) is 0 Å². The maximum Gasteiger partial charge on any atom is 0.115 e. The van der Waals surface area contributed by atoms with E-state index in [0.29, 0.717) is 11.5 Å². The largest absolute Gasteiger partial charge is 0.508 e. The summed E-state index contributed by atoms with van der Waals surface area (Å²) in [6.07, 6.45) is 3.96. The molecule has 0 aliphatic rings. The van der Waals surface area contributed by atoms with Gasteiger partial charge in [0.1, 0.15) is 11.5 Å².